The molecule has 0 aliphatic rings. The van der Waals surface area contributed by atoms with E-state index in [0.29, 0.717) is 4.90 Å². The van der Waals surface area contributed by atoms with Gasteiger partial charge in [-0.1, -0.05) is 0 Å². The molecule has 2 nitrogen and oxygen atoms in total. The fraction of sp³-hybridized carbons (Fsp3) is 0. The van der Waals surface area contributed by atoms with Crippen LogP contribution in [0.15, 0.2) is 101 Å². The first-order valence-corrected chi connectivity index (χ1v) is 10.7. The monoisotopic (exact) mass is 400 g/mol. The SMILES string of the molecule is O=S(=O)(/C=C(/[Se]c1ccccc1)c1ccccc1)c1ccccc1. The molecule has 0 amide bonds. The number of benzene rings is 3. The Morgan fingerprint density at radius 1 is 0.708 bits per heavy atom. The first-order valence-electron chi connectivity index (χ1n) is 7.45. The van der Waals surface area contributed by atoms with E-state index in [2.05, 4.69) is 0 Å². The molecule has 0 atom stereocenters. The fourth-order valence-electron chi connectivity index (χ4n) is 2.19. The maximum absolute atomic E-state index is 12.7. The summed E-state index contributed by atoms with van der Waals surface area (Å²) in [5.41, 5.74) is 0.945. The molecule has 0 aliphatic heterocycles. The van der Waals surface area contributed by atoms with Crippen LogP contribution in [0.5, 0.6) is 0 Å². The summed E-state index contributed by atoms with van der Waals surface area (Å²) in [6, 6.07) is 28.2. The summed E-state index contributed by atoms with van der Waals surface area (Å²) in [5, 5.41) is 1.42. The normalized spacial score (nSPS) is 12.1. The van der Waals surface area contributed by atoms with Crippen LogP contribution >= 0.6 is 0 Å². The third-order valence-electron chi connectivity index (χ3n) is 3.36. The number of sulfone groups is 1. The Kier molecular flexibility index (Phi) is 5.31. The Hall–Kier alpha value is -2.13. The Labute approximate surface area is 148 Å². The second kappa shape index (κ2) is 7.63. The molecule has 0 aliphatic carbocycles. The van der Waals surface area contributed by atoms with E-state index in [4.69, 9.17) is 0 Å². The molecule has 0 aromatic heterocycles. The van der Waals surface area contributed by atoms with Crippen LogP contribution in [0.3, 0.4) is 0 Å². The van der Waals surface area contributed by atoms with Gasteiger partial charge in [-0.2, -0.15) is 0 Å². The zero-order valence-corrected chi connectivity index (χ0v) is 15.4. The molecular weight excluding hydrogens is 383 g/mol. The molecule has 0 saturated carbocycles. The van der Waals surface area contributed by atoms with E-state index in [0.717, 1.165) is 14.5 Å². The van der Waals surface area contributed by atoms with Gasteiger partial charge in [-0.25, -0.2) is 0 Å². The van der Waals surface area contributed by atoms with E-state index in [1.165, 1.54) is 5.41 Å². The summed E-state index contributed by atoms with van der Waals surface area (Å²) >= 11 is -0.0928. The summed E-state index contributed by atoms with van der Waals surface area (Å²) in [4.78, 5) is 0.322. The summed E-state index contributed by atoms with van der Waals surface area (Å²) in [7, 11) is -3.47. The molecule has 0 saturated heterocycles. The quantitative estimate of drug-likeness (QED) is 0.616. The molecule has 3 rings (SSSR count). The first-order chi connectivity index (χ1) is 11.6. The number of hydrogen-bond donors (Lipinski definition) is 0. The Morgan fingerprint density at radius 2 is 1.21 bits per heavy atom. The van der Waals surface area contributed by atoms with Gasteiger partial charge < -0.3 is 0 Å². The Morgan fingerprint density at radius 3 is 1.79 bits per heavy atom. The van der Waals surface area contributed by atoms with Gasteiger partial charge in [0.15, 0.2) is 0 Å². The summed E-state index contributed by atoms with van der Waals surface area (Å²) < 4.78 is 27.5. The topological polar surface area (TPSA) is 34.1 Å². The van der Waals surface area contributed by atoms with E-state index in [9.17, 15) is 8.42 Å². The fourth-order valence-corrected chi connectivity index (χ4v) is 6.11. The molecule has 0 fully saturated rings. The minimum absolute atomic E-state index is 0.0928. The molecule has 0 spiro atoms. The molecule has 24 heavy (non-hydrogen) atoms. The molecule has 0 N–H and O–H groups in total. The predicted octanol–water partition coefficient (Wildman–Crippen LogP) is 3.49. The van der Waals surface area contributed by atoms with E-state index in [1.54, 1.807) is 24.3 Å². The Balaban J connectivity index is 2.04. The maximum atomic E-state index is 12.7. The van der Waals surface area contributed by atoms with Crippen molar-refractivity contribution in [2.45, 2.75) is 4.90 Å². The van der Waals surface area contributed by atoms with Crippen LogP contribution in [0, 0.1) is 0 Å². The van der Waals surface area contributed by atoms with Crippen LogP contribution in [-0.4, -0.2) is 23.4 Å². The second-order valence-electron chi connectivity index (χ2n) is 5.12. The average Bonchev–Trinajstić information content (AvgIpc) is 2.63. The molecule has 3 aromatic carbocycles. The zero-order chi connectivity index (χ0) is 16.8. The van der Waals surface area contributed by atoms with Gasteiger partial charge in [0.05, 0.1) is 0 Å². The van der Waals surface area contributed by atoms with Crippen molar-refractivity contribution in [1.82, 2.24) is 0 Å². The van der Waals surface area contributed by atoms with Gasteiger partial charge in [-0.05, 0) is 0 Å². The van der Waals surface area contributed by atoms with Gasteiger partial charge in [-0.3, -0.25) is 0 Å². The van der Waals surface area contributed by atoms with Crippen molar-refractivity contribution in [3.8, 4) is 0 Å². The van der Waals surface area contributed by atoms with Gasteiger partial charge in [0.1, 0.15) is 0 Å². The van der Waals surface area contributed by atoms with Gasteiger partial charge >= 0.3 is 149 Å². The van der Waals surface area contributed by atoms with E-state index in [1.807, 2.05) is 66.7 Å². The van der Waals surface area contributed by atoms with E-state index >= 15 is 0 Å². The van der Waals surface area contributed by atoms with Gasteiger partial charge in [0, 0.05) is 0 Å². The zero-order valence-electron chi connectivity index (χ0n) is 12.9. The van der Waals surface area contributed by atoms with Crippen molar-refractivity contribution in [3.63, 3.8) is 0 Å². The standard InChI is InChI=1S/C20H16O2SSe/c21-23(22,18-12-6-2-7-13-18)16-20(17-10-4-1-5-11-17)24-19-14-8-3-9-15-19/h1-16H/b20-16+. The third kappa shape index (κ3) is 4.24. The van der Waals surface area contributed by atoms with Crippen molar-refractivity contribution < 1.29 is 8.42 Å². The van der Waals surface area contributed by atoms with Crippen LogP contribution in [0.4, 0.5) is 0 Å². The predicted molar refractivity (Wildman–Crippen MR) is 99.9 cm³/mol. The first kappa shape index (κ1) is 16.7. The third-order valence-corrected chi connectivity index (χ3v) is 7.44. The van der Waals surface area contributed by atoms with Gasteiger partial charge in [0.2, 0.25) is 0 Å². The van der Waals surface area contributed by atoms with E-state index in [-0.39, 0.29) is 15.0 Å². The second-order valence-corrected chi connectivity index (χ2v) is 9.26. The average molecular weight is 399 g/mol. The van der Waals surface area contributed by atoms with Crippen molar-refractivity contribution in [2.24, 2.45) is 0 Å². The minimum atomic E-state index is -3.47. The van der Waals surface area contributed by atoms with Crippen LogP contribution in [-0.2, 0) is 9.84 Å². The molecule has 3 aromatic rings. The van der Waals surface area contributed by atoms with Crippen molar-refractivity contribution >= 4 is 33.7 Å². The summed E-state index contributed by atoms with van der Waals surface area (Å²) in [5.74, 6) is 0. The van der Waals surface area contributed by atoms with Crippen LogP contribution in [0.2, 0.25) is 0 Å². The molecule has 0 heterocycles. The molecule has 120 valence electrons. The van der Waals surface area contributed by atoms with Crippen molar-refractivity contribution in [1.29, 1.82) is 0 Å². The van der Waals surface area contributed by atoms with Gasteiger partial charge in [0.25, 0.3) is 0 Å². The number of rotatable bonds is 5. The molecule has 0 bridgehead atoms. The summed E-state index contributed by atoms with van der Waals surface area (Å²) in [6.45, 7) is 0. The van der Waals surface area contributed by atoms with E-state index < -0.39 is 9.84 Å². The number of hydrogen-bond acceptors (Lipinski definition) is 2. The molecule has 4 heteroatoms. The van der Waals surface area contributed by atoms with Crippen LogP contribution in [0.1, 0.15) is 5.56 Å². The van der Waals surface area contributed by atoms with Gasteiger partial charge in [-0.15, -0.1) is 0 Å². The molecule has 0 radical (unpaired) electrons. The molecular formula is C20H16O2SSe. The van der Waals surface area contributed by atoms with Crippen molar-refractivity contribution in [2.75, 3.05) is 0 Å². The molecule has 0 unspecified atom stereocenters. The Bertz CT molecular complexity index is 919. The van der Waals surface area contributed by atoms with Crippen LogP contribution < -0.4 is 4.46 Å². The van der Waals surface area contributed by atoms with Crippen LogP contribution in [0.25, 0.3) is 4.47 Å². The summed E-state index contributed by atoms with van der Waals surface area (Å²) in [6.07, 6.45) is 0. The van der Waals surface area contributed by atoms with Crippen molar-refractivity contribution in [3.05, 3.63) is 102 Å².